The zero-order valence-electron chi connectivity index (χ0n) is 20.9. The van der Waals surface area contributed by atoms with Crippen molar-refractivity contribution in [1.82, 2.24) is 9.97 Å². The van der Waals surface area contributed by atoms with Crippen LogP contribution in [-0.2, 0) is 4.79 Å². The fraction of sp³-hybridized carbons (Fsp3) is 0.423. The van der Waals surface area contributed by atoms with Crippen LogP contribution in [-0.4, -0.2) is 29.0 Å². The fourth-order valence-electron chi connectivity index (χ4n) is 4.05. The summed E-state index contributed by atoms with van der Waals surface area (Å²) >= 11 is 0. The number of benzene rings is 1. The molecule has 9 heteroatoms. The van der Waals surface area contributed by atoms with Gasteiger partial charge in [0.05, 0.1) is 17.2 Å². The first kappa shape index (κ1) is 27.8. The Bertz CT molecular complexity index is 1060. The Morgan fingerprint density at radius 3 is 2.31 bits per heavy atom. The highest BCUT2D eigenvalue weighted by atomic mass is 19.1. The highest BCUT2D eigenvalue weighted by Gasteiger charge is 2.33. The van der Waals surface area contributed by atoms with Crippen LogP contribution in [0, 0.1) is 17.6 Å². The average molecular weight is 487 g/mol. The molecule has 7 nitrogen and oxygen atoms in total. The normalized spacial score (nSPS) is 18.1. The molecule has 1 unspecified atom stereocenters. The van der Waals surface area contributed by atoms with Crippen molar-refractivity contribution in [2.45, 2.75) is 52.9 Å². The first-order chi connectivity index (χ1) is 16.8. The van der Waals surface area contributed by atoms with Gasteiger partial charge in [-0.3, -0.25) is 4.79 Å². The second kappa shape index (κ2) is 12.8. The number of allylic oxidation sites excluding steroid dienone is 3. The van der Waals surface area contributed by atoms with E-state index in [1.165, 1.54) is 18.2 Å². The lowest BCUT2D eigenvalue weighted by Gasteiger charge is -2.37. The van der Waals surface area contributed by atoms with Crippen LogP contribution >= 0.6 is 0 Å². The smallest absolute Gasteiger partial charge is 0.225 e. The van der Waals surface area contributed by atoms with Gasteiger partial charge in [-0.15, -0.1) is 0 Å². The Balaban J connectivity index is 0.00000103. The topological polar surface area (TPSA) is 124 Å². The minimum atomic E-state index is -0.718. The molecule has 2 aliphatic rings. The number of nitrogens with zero attached hydrogens (tertiary/aromatic N) is 3. The molecule has 1 aliphatic heterocycles. The minimum absolute atomic E-state index is 0.00403. The van der Waals surface area contributed by atoms with Crippen molar-refractivity contribution in [2.24, 2.45) is 23.1 Å². The van der Waals surface area contributed by atoms with E-state index < -0.39 is 11.6 Å². The number of aromatic nitrogens is 2. The maximum atomic E-state index is 14.1. The van der Waals surface area contributed by atoms with Crippen molar-refractivity contribution in [3.8, 4) is 0 Å². The standard InChI is InChI=1S/C22H24F2N6O.2C2H6/c23-15-5-2-6-16(24)19(15)17(25)9-12-3-1-4-14(20(12)26)18-7-8-28-22(29-18)30-10-13(11-30)21(27)31;2*1-2/h2,5-9,13-14H,1,3-4,10-11,25-26H2,(H2,27,31);2*1-2H3/b17-9-;;. The first-order valence-electron chi connectivity index (χ1n) is 12.1. The molecule has 1 fully saturated rings. The van der Waals surface area contributed by atoms with Crippen LogP contribution in [0.3, 0.4) is 0 Å². The summed E-state index contributed by atoms with van der Waals surface area (Å²) in [6, 6.07) is 5.43. The number of anilines is 1. The summed E-state index contributed by atoms with van der Waals surface area (Å²) in [5, 5.41) is 0. The number of rotatable bonds is 5. The molecule has 35 heavy (non-hydrogen) atoms. The number of amides is 1. The number of hydrogen-bond donors (Lipinski definition) is 3. The third-order valence-electron chi connectivity index (χ3n) is 5.85. The van der Waals surface area contributed by atoms with Crippen molar-refractivity contribution in [1.29, 1.82) is 0 Å². The molecular weight excluding hydrogens is 450 g/mol. The Hall–Kier alpha value is -3.49. The van der Waals surface area contributed by atoms with Gasteiger partial charge in [0, 0.05) is 36.6 Å². The molecule has 2 heterocycles. The zero-order valence-corrected chi connectivity index (χ0v) is 20.9. The van der Waals surface area contributed by atoms with Crippen LogP contribution in [0.15, 0.2) is 47.8 Å². The van der Waals surface area contributed by atoms with Gasteiger partial charge in [0.25, 0.3) is 0 Å². The number of carbonyl (C=O) groups excluding carboxylic acids is 1. The molecule has 1 aliphatic carbocycles. The van der Waals surface area contributed by atoms with Gasteiger partial charge in [-0.2, -0.15) is 0 Å². The quantitative estimate of drug-likeness (QED) is 0.582. The van der Waals surface area contributed by atoms with Crippen molar-refractivity contribution in [3.05, 3.63) is 70.7 Å². The number of nitrogens with two attached hydrogens (primary N) is 3. The number of carbonyl (C=O) groups is 1. The second-order valence-electron chi connectivity index (χ2n) is 7.91. The molecule has 190 valence electrons. The van der Waals surface area contributed by atoms with Crippen LogP contribution in [0.1, 0.15) is 64.1 Å². The summed E-state index contributed by atoms with van der Waals surface area (Å²) in [5.41, 5.74) is 19.6. The Labute approximate surface area is 206 Å². The zero-order chi connectivity index (χ0) is 26.1. The van der Waals surface area contributed by atoms with Crippen LogP contribution in [0.25, 0.3) is 5.70 Å². The van der Waals surface area contributed by atoms with E-state index in [0.717, 1.165) is 24.1 Å². The van der Waals surface area contributed by atoms with Gasteiger partial charge in [0.1, 0.15) is 11.6 Å². The van der Waals surface area contributed by atoms with E-state index in [-0.39, 0.29) is 29.0 Å². The maximum Gasteiger partial charge on any atom is 0.225 e. The largest absolute Gasteiger partial charge is 0.401 e. The van der Waals surface area contributed by atoms with Crippen LogP contribution < -0.4 is 22.1 Å². The third-order valence-corrected chi connectivity index (χ3v) is 5.85. The van der Waals surface area contributed by atoms with E-state index in [0.29, 0.717) is 31.2 Å². The Morgan fingerprint density at radius 1 is 1.09 bits per heavy atom. The molecule has 1 amide bonds. The molecule has 0 radical (unpaired) electrons. The highest BCUT2D eigenvalue weighted by Crippen LogP contribution is 2.36. The van der Waals surface area contributed by atoms with E-state index in [9.17, 15) is 13.6 Å². The van der Waals surface area contributed by atoms with Gasteiger partial charge in [-0.05, 0) is 49.1 Å². The molecule has 1 aromatic carbocycles. The van der Waals surface area contributed by atoms with Gasteiger partial charge in [-0.25, -0.2) is 18.7 Å². The average Bonchev–Trinajstić information content (AvgIpc) is 2.82. The number of halogens is 2. The van der Waals surface area contributed by atoms with Gasteiger partial charge < -0.3 is 22.1 Å². The van der Waals surface area contributed by atoms with E-state index in [1.807, 2.05) is 32.6 Å². The van der Waals surface area contributed by atoms with E-state index in [1.54, 1.807) is 18.3 Å². The van der Waals surface area contributed by atoms with Gasteiger partial charge in [-0.1, -0.05) is 33.8 Å². The number of hydrogen-bond acceptors (Lipinski definition) is 6. The van der Waals surface area contributed by atoms with Crippen LogP contribution in [0.5, 0.6) is 0 Å². The molecule has 1 aromatic heterocycles. The number of primary amides is 1. The molecule has 0 spiro atoms. The van der Waals surface area contributed by atoms with Crippen molar-refractivity contribution in [2.75, 3.05) is 18.0 Å². The lowest BCUT2D eigenvalue weighted by atomic mass is 9.84. The molecule has 2 aromatic rings. The highest BCUT2D eigenvalue weighted by molar-refractivity contribution is 5.79. The third kappa shape index (κ3) is 6.35. The summed E-state index contributed by atoms with van der Waals surface area (Å²) in [4.78, 5) is 22.1. The predicted molar refractivity (Wildman–Crippen MR) is 136 cm³/mol. The predicted octanol–water partition coefficient (Wildman–Crippen LogP) is 4.21. The van der Waals surface area contributed by atoms with Crippen molar-refractivity contribution >= 4 is 17.6 Å². The van der Waals surface area contributed by atoms with E-state index in [4.69, 9.17) is 17.2 Å². The van der Waals surface area contributed by atoms with Gasteiger partial charge >= 0.3 is 0 Å². The molecule has 6 N–H and O–H groups in total. The lowest BCUT2D eigenvalue weighted by molar-refractivity contribution is -0.122. The van der Waals surface area contributed by atoms with E-state index >= 15 is 0 Å². The molecule has 1 atom stereocenters. The molecule has 0 saturated carbocycles. The summed E-state index contributed by atoms with van der Waals surface area (Å²) in [6.45, 7) is 8.99. The molecule has 4 rings (SSSR count). The van der Waals surface area contributed by atoms with Crippen molar-refractivity contribution < 1.29 is 13.6 Å². The Morgan fingerprint density at radius 2 is 1.71 bits per heavy atom. The molecular formula is C26H36F2N6O. The Kier molecular flexibility index (Phi) is 10.2. The molecule has 0 bridgehead atoms. The lowest BCUT2D eigenvalue weighted by Crippen LogP contribution is -2.53. The van der Waals surface area contributed by atoms with Gasteiger partial charge in [0.2, 0.25) is 11.9 Å². The molecule has 1 saturated heterocycles. The van der Waals surface area contributed by atoms with E-state index in [2.05, 4.69) is 9.97 Å². The monoisotopic (exact) mass is 486 g/mol. The van der Waals surface area contributed by atoms with Crippen LogP contribution in [0.4, 0.5) is 14.7 Å². The van der Waals surface area contributed by atoms with Gasteiger partial charge in [0.15, 0.2) is 0 Å². The fourth-order valence-corrected chi connectivity index (χ4v) is 4.05. The SMILES string of the molecule is CC.CC.NC(=O)C1CN(c2nccc(C3CCCC(/C=C(\N)c4c(F)cccc4F)=C3N)n2)C1. The second-order valence-corrected chi connectivity index (χ2v) is 7.91. The summed E-state index contributed by atoms with van der Waals surface area (Å²) in [5.74, 6) is -1.58. The summed E-state index contributed by atoms with van der Waals surface area (Å²) in [7, 11) is 0. The van der Waals surface area contributed by atoms with Crippen molar-refractivity contribution in [3.63, 3.8) is 0 Å². The maximum absolute atomic E-state index is 14.1. The minimum Gasteiger partial charge on any atom is -0.401 e. The first-order valence-corrected chi connectivity index (χ1v) is 12.1. The van der Waals surface area contributed by atoms with Crippen LogP contribution in [0.2, 0.25) is 0 Å². The summed E-state index contributed by atoms with van der Waals surface area (Å²) < 4.78 is 28.1. The summed E-state index contributed by atoms with van der Waals surface area (Å²) in [6.07, 6.45) is 5.49.